The third-order valence-electron chi connectivity index (χ3n) is 3.35. The minimum Gasteiger partial charge on any atom is -0.397 e. The number of pyridine rings is 1. The Hall–Kier alpha value is -1.81. The van der Waals surface area contributed by atoms with Crippen LogP contribution in [-0.4, -0.2) is 22.7 Å². The van der Waals surface area contributed by atoms with Crippen LogP contribution >= 0.6 is 0 Å². The van der Waals surface area contributed by atoms with Crippen LogP contribution in [0.15, 0.2) is 30.5 Å². The number of nitrogens with zero attached hydrogens (tertiary/aromatic N) is 1. The van der Waals surface area contributed by atoms with Crippen LogP contribution in [0.2, 0.25) is 0 Å². The van der Waals surface area contributed by atoms with Crippen molar-refractivity contribution in [3.05, 3.63) is 30.5 Å². The van der Waals surface area contributed by atoms with Gasteiger partial charge in [-0.05, 0) is 37.1 Å². The van der Waals surface area contributed by atoms with Crippen molar-refractivity contribution < 1.29 is 5.11 Å². The zero-order chi connectivity index (χ0) is 13.1. The van der Waals surface area contributed by atoms with Gasteiger partial charge < -0.3 is 16.2 Å². The Morgan fingerprint density at radius 2 is 2.11 bits per heavy atom. The van der Waals surface area contributed by atoms with E-state index in [2.05, 4.69) is 10.3 Å². The molecule has 1 aromatic carbocycles. The van der Waals surface area contributed by atoms with E-state index >= 15 is 0 Å². The van der Waals surface area contributed by atoms with Crippen LogP contribution in [-0.2, 0) is 0 Å². The van der Waals surface area contributed by atoms with Gasteiger partial charge in [0.05, 0.1) is 16.9 Å². The summed E-state index contributed by atoms with van der Waals surface area (Å²) >= 11 is 0. The standard InChI is InChI=1S/C14H19N3O/c1-9(8-18)10(2)17-13-6-5-12-11(14(13)15)4-3-7-16-12/h3-7,9-10,17-18H,8,15H2,1-2H3. The van der Waals surface area contributed by atoms with Crippen molar-refractivity contribution in [2.24, 2.45) is 5.92 Å². The van der Waals surface area contributed by atoms with E-state index in [1.54, 1.807) is 6.20 Å². The summed E-state index contributed by atoms with van der Waals surface area (Å²) in [6.07, 6.45) is 1.76. The Morgan fingerprint density at radius 3 is 2.83 bits per heavy atom. The van der Waals surface area contributed by atoms with Crippen LogP contribution in [0.1, 0.15) is 13.8 Å². The molecule has 1 aromatic heterocycles. The molecule has 0 radical (unpaired) electrons. The zero-order valence-corrected chi connectivity index (χ0v) is 10.7. The van der Waals surface area contributed by atoms with Crippen molar-refractivity contribution in [1.82, 2.24) is 4.98 Å². The van der Waals surface area contributed by atoms with Gasteiger partial charge in [-0.15, -0.1) is 0 Å². The van der Waals surface area contributed by atoms with Crippen LogP contribution in [0, 0.1) is 5.92 Å². The van der Waals surface area contributed by atoms with E-state index in [0.717, 1.165) is 16.6 Å². The lowest BCUT2D eigenvalue weighted by molar-refractivity contribution is 0.226. The molecular weight excluding hydrogens is 226 g/mol. The molecule has 0 fully saturated rings. The second kappa shape index (κ2) is 5.23. The van der Waals surface area contributed by atoms with Gasteiger partial charge in [0.25, 0.3) is 0 Å². The first-order chi connectivity index (χ1) is 8.63. The summed E-state index contributed by atoms with van der Waals surface area (Å²) in [6, 6.07) is 7.88. The fourth-order valence-electron chi connectivity index (χ4n) is 1.85. The van der Waals surface area contributed by atoms with E-state index in [0.29, 0.717) is 5.69 Å². The van der Waals surface area contributed by atoms with Gasteiger partial charge >= 0.3 is 0 Å². The van der Waals surface area contributed by atoms with Crippen LogP contribution in [0.5, 0.6) is 0 Å². The van der Waals surface area contributed by atoms with Crippen molar-refractivity contribution in [2.75, 3.05) is 17.7 Å². The van der Waals surface area contributed by atoms with Crippen LogP contribution in [0.3, 0.4) is 0 Å². The number of fused-ring (bicyclic) bond motifs is 1. The Balaban J connectivity index is 2.32. The number of hydrogen-bond acceptors (Lipinski definition) is 4. The number of aromatic nitrogens is 1. The normalized spacial score (nSPS) is 14.4. The highest BCUT2D eigenvalue weighted by Gasteiger charge is 2.13. The average Bonchev–Trinajstić information content (AvgIpc) is 2.41. The lowest BCUT2D eigenvalue weighted by Gasteiger charge is -2.22. The van der Waals surface area contributed by atoms with Gasteiger partial charge in [-0.3, -0.25) is 4.98 Å². The molecule has 2 atom stereocenters. The summed E-state index contributed by atoms with van der Waals surface area (Å²) in [5, 5.41) is 13.4. The summed E-state index contributed by atoms with van der Waals surface area (Å²) in [5.74, 6) is 0.175. The lowest BCUT2D eigenvalue weighted by Crippen LogP contribution is -2.26. The number of nitrogens with two attached hydrogens (primary N) is 1. The first kappa shape index (κ1) is 12.6. The first-order valence-corrected chi connectivity index (χ1v) is 6.14. The van der Waals surface area contributed by atoms with E-state index in [1.807, 2.05) is 38.1 Å². The molecule has 1 heterocycles. The Labute approximate surface area is 107 Å². The lowest BCUT2D eigenvalue weighted by atomic mass is 10.0. The van der Waals surface area contributed by atoms with Crippen LogP contribution in [0.25, 0.3) is 10.9 Å². The number of nitrogen functional groups attached to an aromatic ring is 1. The molecule has 2 rings (SSSR count). The molecule has 0 aliphatic carbocycles. The number of hydrogen-bond donors (Lipinski definition) is 3. The minimum atomic E-state index is 0.156. The third kappa shape index (κ3) is 2.38. The Morgan fingerprint density at radius 1 is 1.33 bits per heavy atom. The molecule has 0 aliphatic rings. The third-order valence-corrected chi connectivity index (χ3v) is 3.35. The largest absolute Gasteiger partial charge is 0.397 e. The number of benzene rings is 1. The highest BCUT2D eigenvalue weighted by Crippen LogP contribution is 2.28. The van der Waals surface area contributed by atoms with E-state index < -0.39 is 0 Å². The molecule has 18 heavy (non-hydrogen) atoms. The van der Waals surface area contributed by atoms with E-state index in [1.165, 1.54) is 0 Å². The maximum absolute atomic E-state index is 9.14. The van der Waals surface area contributed by atoms with Gasteiger partial charge in [-0.2, -0.15) is 0 Å². The molecular formula is C14H19N3O. The number of anilines is 2. The SMILES string of the molecule is CC(CO)C(C)Nc1ccc2ncccc2c1N. The second-order valence-corrected chi connectivity index (χ2v) is 4.69. The molecule has 4 heteroatoms. The monoisotopic (exact) mass is 245 g/mol. The maximum Gasteiger partial charge on any atom is 0.0724 e. The quantitative estimate of drug-likeness (QED) is 0.722. The smallest absolute Gasteiger partial charge is 0.0724 e. The second-order valence-electron chi connectivity index (χ2n) is 4.69. The molecule has 0 bridgehead atoms. The van der Waals surface area contributed by atoms with Crippen molar-refractivity contribution in [3.8, 4) is 0 Å². The summed E-state index contributed by atoms with van der Waals surface area (Å²) in [7, 11) is 0. The molecule has 4 N–H and O–H groups in total. The van der Waals surface area contributed by atoms with Crippen molar-refractivity contribution in [3.63, 3.8) is 0 Å². The van der Waals surface area contributed by atoms with Crippen molar-refractivity contribution in [1.29, 1.82) is 0 Å². The zero-order valence-electron chi connectivity index (χ0n) is 10.7. The highest BCUT2D eigenvalue weighted by molar-refractivity contribution is 5.96. The predicted molar refractivity (Wildman–Crippen MR) is 75.5 cm³/mol. The molecule has 0 aliphatic heterocycles. The topological polar surface area (TPSA) is 71.2 Å². The minimum absolute atomic E-state index is 0.156. The summed E-state index contributed by atoms with van der Waals surface area (Å²) in [5.41, 5.74) is 8.63. The Bertz CT molecular complexity index is 542. The summed E-state index contributed by atoms with van der Waals surface area (Å²) in [6.45, 7) is 4.19. The van der Waals surface area contributed by atoms with Crippen molar-refractivity contribution >= 4 is 22.3 Å². The maximum atomic E-state index is 9.14. The van der Waals surface area contributed by atoms with E-state index in [4.69, 9.17) is 10.8 Å². The predicted octanol–water partition coefficient (Wildman–Crippen LogP) is 2.25. The number of rotatable bonds is 4. The van der Waals surface area contributed by atoms with E-state index in [-0.39, 0.29) is 18.6 Å². The summed E-state index contributed by atoms with van der Waals surface area (Å²) < 4.78 is 0. The van der Waals surface area contributed by atoms with Gasteiger partial charge in [-0.25, -0.2) is 0 Å². The molecule has 2 unspecified atom stereocenters. The number of aliphatic hydroxyl groups excluding tert-OH is 1. The molecule has 0 saturated heterocycles. The molecule has 4 nitrogen and oxygen atoms in total. The van der Waals surface area contributed by atoms with E-state index in [9.17, 15) is 0 Å². The Kier molecular flexibility index (Phi) is 3.67. The van der Waals surface area contributed by atoms with Gasteiger partial charge in [0, 0.05) is 24.2 Å². The molecule has 0 saturated carbocycles. The van der Waals surface area contributed by atoms with Gasteiger partial charge in [0.2, 0.25) is 0 Å². The van der Waals surface area contributed by atoms with Crippen molar-refractivity contribution in [2.45, 2.75) is 19.9 Å². The molecule has 2 aromatic rings. The van der Waals surface area contributed by atoms with Crippen LogP contribution in [0.4, 0.5) is 11.4 Å². The van der Waals surface area contributed by atoms with Gasteiger partial charge in [-0.1, -0.05) is 6.92 Å². The first-order valence-electron chi connectivity index (χ1n) is 6.14. The highest BCUT2D eigenvalue weighted by atomic mass is 16.3. The molecule has 0 amide bonds. The van der Waals surface area contributed by atoms with Gasteiger partial charge in [0.15, 0.2) is 0 Å². The summed E-state index contributed by atoms with van der Waals surface area (Å²) in [4.78, 5) is 4.27. The fraction of sp³-hybridized carbons (Fsp3) is 0.357. The number of nitrogens with one attached hydrogen (secondary N) is 1. The average molecular weight is 245 g/mol. The number of aliphatic hydroxyl groups is 1. The van der Waals surface area contributed by atoms with Gasteiger partial charge in [0.1, 0.15) is 0 Å². The fourth-order valence-corrected chi connectivity index (χ4v) is 1.85. The molecule has 96 valence electrons. The van der Waals surface area contributed by atoms with Crippen LogP contribution < -0.4 is 11.1 Å². The molecule has 0 spiro atoms.